The monoisotopic (exact) mass is 356 g/mol. The fraction of sp³-hybridized carbons (Fsp3) is 0.412. The number of fused-ring (bicyclic) bond motifs is 1. The molecule has 0 aliphatic carbocycles. The number of amides is 1. The fourth-order valence-corrected chi connectivity index (χ4v) is 4.08. The number of aryl methyl sites for hydroxylation is 1. The fourth-order valence-electron chi connectivity index (χ4n) is 3.30. The van der Waals surface area contributed by atoms with Gasteiger partial charge in [0, 0.05) is 26.1 Å². The van der Waals surface area contributed by atoms with Gasteiger partial charge in [-0.1, -0.05) is 23.9 Å². The van der Waals surface area contributed by atoms with Gasteiger partial charge in [-0.2, -0.15) is 0 Å². The van der Waals surface area contributed by atoms with Crippen molar-refractivity contribution in [2.75, 3.05) is 18.8 Å². The van der Waals surface area contributed by atoms with Crippen LogP contribution in [0.2, 0.25) is 0 Å². The molecule has 1 fully saturated rings. The number of benzene rings is 1. The molecule has 7 nitrogen and oxygen atoms in total. The van der Waals surface area contributed by atoms with Crippen molar-refractivity contribution in [3.05, 3.63) is 36.4 Å². The van der Waals surface area contributed by atoms with E-state index in [2.05, 4.69) is 20.2 Å². The van der Waals surface area contributed by atoms with E-state index in [-0.39, 0.29) is 11.8 Å². The van der Waals surface area contributed by atoms with E-state index in [4.69, 9.17) is 0 Å². The van der Waals surface area contributed by atoms with E-state index in [1.165, 1.54) is 11.8 Å². The van der Waals surface area contributed by atoms with Gasteiger partial charge >= 0.3 is 0 Å². The molecular formula is C17H20N6OS. The Balaban J connectivity index is 1.38. The van der Waals surface area contributed by atoms with Crippen LogP contribution >= 0.6 is 11.8 Å². The third kappa shape index (κ3) is 3.39. The van der Waals surface area contributed by atoms with Crippen molar-refractivity contribution in [1.29, 1.82) is 0 Å². The highest BCUT2D eigenvalue weighted by molar-refractivity contribution is 7.99. The van der Waals surface area contributed by atoms with E-state index in [1.54, 1.807) is 6.33 Å². The Bertz CT molecular complexity index is 855. The number of carbonyl (C=O) groups excluding carboxylic acids is 1. The van der Waals surface area contributed by atoms with Gasteiger partial charge < -0.3 is 14.5 Å². The molecule has 0 saturated carbocycles. The number of carbonyl (C=O) groups is 1. The largest absolute Gasteiger partial charge is 0.341 e. The van der Waals surface area contributed by atoms with Gasteiger partial charge in [-0.25, -0.2) is 4.98 Å². The molecule has 2 aromatic heterocycles. The van der Waals surface area contributed by atoms with Crippen LogP contribution in [0.15, 0.2) is 35.7 Å². The Morgan fingerprint density at radius 2 is 2.28 bits per heavy atom. The summed E-state index contributed by atoms with van der Waals surface area (Å²) in [4.78, 5) is 22.3. The maximum Gasteiger partial charge on any atom is 0.233 e. The number of hydrogen-bond acceptors (Lipinski definition) is 5. The van der Waals surface area contributed by atoms with Crippen LogP contribution < -0.4 is 0 Å². The molecule has 130 valence electrons. The highest BCUT2D eigenvalue weighted by Gasteiger charge is 2.27. The van der Waals surface area contributed by atoms with Crippen molar-refractivity contribution in [3.63, 3.8) is 0 Å². The average molecular weight is 356 g/mol. The zero-order valence-electron chi connectivity index (χ0n) is 14.1. The third-order valence-electron chi connectivity index (χ3n) is 4.59. The normalized spacial score (nSPS) is 18.0. The number of para-hydroxylation sites is 2. The minimum absolute atomic E-state index is 0.150. The number of nitrogens with one attached hydrogen (secondary N) is 1. The van der Waals surface area contributed by atoms with E-state index >= 15 is 0 Å². The number of aromatic nitrogens is 5. The lowest BCUT2D eigenvalue weighted by molar-refractivity contribution is -0.129. The SMILES string of the molecule is Cn1cnnc1C1CCCN(C(=O)CSc2nc3ccccc3[nH]2)C1. The number of H-pyrrole nitrogens is 1. The summed E-state index contributed by atoms with van der Waals surface area (Å²) in [5, 5.41) is 8.95. The number of rotatable bonds is 4. The Morgan fingerprint density at radius 3 is 3.08 bits per heavy atom. The topological polar surface area (TPSA) is 79.7 Å². The van der Waals surface area contributed by atoms with Crippen molar-refractivity contribution in [2.24, 2.45) is 7.05 Å². The van der Waals surface area contributed by atoms with Gasteiger partial charge in [0.15, 0.2) is 5.16 Å². The van der Waals surface area contributed by atoms with Crippen LogP contribution in [0.1, 0.15) is 24.6 Å². The maximum absolute atomic E-state index is 12.6. The van der Waals surface area contributed by atoms with Crippen LogP contribution in [-0.4, -0.2) is 54.4 Å². The molecule has 1 aliphatic rings. The summed E-state index contributed by atoms with van der Waals surface area (Å²) in [6, 6.07) is 7.89. The highest BCUT2D eigenvalue weighted by Crippen LogP contribution is 2.26. The van der Waals surface area contributed by atoms with E-state index < -0.39 is 0 Å². The summed E-state index contributed by atoms with van der Waals surface area (Å²) in [5.74, 6) is 1.77. The lowest BCUT2D eigenvalue weighted by Gasteiger charge is -2.32. The number of likely N-dealkylation sites (tertiary alicyclic amines) is 1. The van der Waals surface area contributed by atoms with Gasteiger partial charge in [0.05, 0.1) is 16.8 Å². The average Bonchev–Trinajstić information content (AvgIpc) is 3.25. The molecule has 25 heavy (non-hydrogen) atoms. The van der Waals surface area contributed by atoms with Crippen LogP contribution in [0.25, 0.3) is 11.0 Å². The van der Waals surface area contributed by atoms with Crippen LogP contribution in [0, 0.1) is 0 Å². The number of piperidine rings is 1. The summed E-state index contributed by atoms with van der Waals surface area (Å²) < 4.78 is 1.95. The van der Waals surface area contributed by atoms with Crippen LogP contribution in [-0.2, 0) is 11.8 Å². The number of imidazole rings is 1. The Hall–Kier alpha value is -2.35. The molecule has 3 aromatic rings. The minimum Gasteiger partial charge on any atom is -0.341 e. The molecule has 0 radical (unpaired) electrons. The molecular weight excluding hydrogens is 336 g/mol. The second kappa shape index (κ2) is 6.87. The first kappa shape index (κ1) is 16.1. The number of aromatic amines is 1. The zero-order chi connectivity index (χ0) is 17.2. The van der Waals surface area contributed by atoms with Gasteiger partial charge in [0.1, 0.15) is 12.2 Å². The zero-order valence-corrected chi connectivity index (χ0v) is 14.9. The lowest BCUT2D eigenvalue weighted by atomic mass is 9.97. The van der Waals surface area contributed by atoms with E-state index in [9.17, 15) is 4.79 Å². The van der Waals surface area contributed by atoms with Gasteiger partial charge in [-0.3, -0.25) is 4.79 Å². The van der Waals surface area contributed by atoms with Gasteiger partial charge in [-0.15, -0.1) is 10.2 Å². The van der Waals surface area contributed by atoms with Crippen molar-refractivity contribution in [1.82, 2.24) is 29.6 Å². The molecule has 1 unspecified atom stereocenters. The molecule has 0 bridgehead atoms. The smallest absolute Gasteiger partial charge is 0.233 e. The molecule has 3 heterocycles. The second-order valence-electron chi connectivity index (χ2n) is 6.33. The Morgan fingerprint density at radius 1 is 1.40 bits per heavy atom. The Labute approximate surface area is 149 Å². The number of nitrogens with zero attached hydrogens (tertiary/aromatic N) is 5. The molecule has 1 atom stereocenters. The van der Waals surface area contributed by atoms with Gasteiger partial charge in [-0.05, 0) is 25.0 Å². The van der Waals surface area contributed by atoms with Crippen molar-refractivity contribution < 1.29 is 4.79 Å². The predicted octanol–water partition coefficient (Wildman–Crippen LogP) is 2.19. The standard InChI is InChI=1S/C17H20N6OS/c1-22-11-18-21-16(22)12-5-4-8-23(9-12)15(24)10-25-17-19-13-6-2-3-7-14(13)20-17/h2-3,6-7,11-12H,4-5,8-10H2,1H3,(H,19,20). The highest BCUT2D eigenvalue weighted by atomic mass is 32.2. The molecule has 1 N–H and O–H groups in total. The van der Waals surface area contributed by atoms with Crippen molar-refractivity contribution in [2.45, 2.75) is 23.9 Å². The van der Waals surface area contributed by atoms with E-state index in [1.807, 2.05) is 40.8 Å². The number of thioether (sulfide) groups is 1. The molecule has 1 aliphatic heterocycles. The van der Waals surface area contributed by atoms with Crippen LogP contribution in [0.3, 0.4) is 0 Å². The van der Waals surface area contributed by atoms with Crippen molar-refractivity contribution in [3.8, 4) is 0 Å². The summed E-state index contributed by atoms with van der Waals surface area (Å²) in [6.07, 6.45) is 3.76. The minimum atomic E-state index is 0.150. The molecule has 8 heteroatoms. The number of hydrogen-bond donors (Lipinski definition) is 1. The van der Waals surface area contributed by atoms with E-state index in [0.29, 0.717) is 12.3 Å². The molecule has 1 amide bonds. The van der Waals surface area contributed by atoms with E-state index in [0.717, 1.165) is 41.4 Å². The Kier molecular flexibility index (Phi) is 4.44. The first-order chi connectivity index (χ1) is 12.2. The molecule has 1 saturated heterocycles. The maximum atomic E-state index is 12.6. The van der Waals surface area contributed by atoms with Gasteiger partial charge in [0.25, 0.3) is 0 Å². The first-order valence-electron chi connectivity index (χ1n) is 8.40. The molecule has 0 spiro atoms. The quantitative estimate of drug-likeness (QED) is 0.725. The predicted molar refractivity (Wildman–Crippen MR) is 96.4 cm³/mol. The second-order valence-corrected chi connectivity index (χ2v) is 7.29. The molecule has 1 aromatic carbocycles. The van der Waals surface area contributed by atoms with Crippen LogP contribution in [0.4, 0.5) is 0 Å². The first-order valence-corrected chi connectivity index (χ1v) is 9.38. The van der Waals surface area contributed by atoms with Crippen molar-refractivity contribution >= 4 is 28.7 Å². The van der Waals surface area contributed by atoms with Crippen LogP contribution in [0.5, 0.6) is 0 Å². The summed E-state index contributed by atoms with van der Waals surface area (Å²) in [5.41, 5.74) is 1.93. The lowest BCUT2D eigenvalue weighted by Crippen LogP contribution is -2.40. The van der Waals surface area contributed by atoms with Gasteiger partial charge in [0.2, 0.25) is 5.91 Å². The third-order valence-corrected chi connectivity index (χ3v) is 5.44. The molecule has 4 rings (SSSR count). The summed E-state index contributed by atoms with van der Waals surface area (Å²) in [7, 11) is 1.95. The summed E-state index contributed by atoms with van der Waals surface area (Å²) >= 11 is 1.46. The summed E-state index contributed by atoms with van der Waals surface area (Å²) in [6.45, 7) is 1.53.